The fourth-order valence-corrected chi connectivity index (χ4v) is 2.19. The third-order valence-corrected chi connectivity index (χ3v) is 3.36. The summed E-state index contributed by atoms with van der Waals surface area (Å²) < 4.78 is 5.20. The molecule has 0 aromatic carbocycles. The molecule has 4 nitrogen and oxygen atoms in total. The van der Waals surface area contributed by atoms with Gasteiger partial charge in [-0.1, -0.05) is 0 Å². The predicted octanol–water partition coefficient (Wildman–Crippen LogP) is 3.14. The highest BCUT2D eigenvalue weighted by atomic mass is 16.5. The first-order valence-electron chi connectivity index (χ1n) is 7.70. The third kappa shape index (κ3) is 6.02. The number of hydrogen-bond donors (Lipinski definition) is 1. The van der Waals surface area contributed by atoms with Crippen LogP contribution in [0.4, 0.5) is 5.82 Å². The number of nitrogens with one attached hydrogen (secondary N) is 1. The van der Waals surface area contributed by atoms with E-state index in [0.717, 1.165) is 18.9 Å². The van der Waals surface area contributed by atoms with Gasteiger partial charge in [0.15, 0.2) is 0 Å². The Labute approximate surface area is 129 Å². The van der Waals surface area contributed by atoms with Crippen LogP contribution in [0.1, 0.15) is 45.7 Å². The highest BCUT2D eigenvalue weighted by molar-refractivity contribution is 5.48. The maximum atomic E-state index is 5.20. The van der Waals surface area contributed by atoms with Crippen LogP contribution in [0.5, 0.6) is 0 Å². The van der Waals surface area contributed by atoms with E-state index in [0.29, 0.717) is 12.6 Å². The van der Waals surface area contributed by atoms with Gasteiger partial charge in [-0.2, -0.15) is 0 Å². The standard InChI is InChI=1S/C17H31N3O/c1-13(2)20(8-9-21-7)16-14(3)10-15(11-18-16)12-19-17(4,5)6/h10-11,13,19H,8-9,12H2,1-7H3. The molecule has 0 saturated carbocycles. The number of hydrogen-bond acceptors (Lipinski definition) is 4. The number of ether oxygens (including phenoxy) is 1. The van der Waals surface area contributed by atoms with Gasteiger partial charge in [0.25, 0.3) is 0 Å². The van der Waals surface area contributed by atoms with Gasteiger partial charge in [-0.15, -0.1) is 0 Å². The van der Waals surface area contributed by atoms with Gasteiger partial charge in [-0.3, -0.25) is 0 Å². The summed E-state index contributed by atoms with van der Waals surface area (Å²) in [5.74, 6) is 1.06. The molecular weight excluding hydrogens is 262 g/mol. The molecule has 1 N–H and O–H groups in total. The average molecular weight is 293 g/mol. The van der Waals surface area contributed by atoms with Gasteiger partial charge in [0.2, 0.25) is 0 Å². The Morgan fingerprint density at radius 1 is 1.33 bits per heavy atom. The van der Waals surface area contributed by atoms with Crippen molar-refractivity contribution in [3.8, 4) is 0 Å². The highest BCUT2D eigenvalue weighted by Gasteiger charge is 2.15. The lowest BCUT2D eigenvalue weighted by Crippen LogP contribution is -2.36. The van der Waals surface area contributed by atoms with Crippen molar-refractivity contribution in [2.45, 2.75) is 59.7 Å². The SMILES string of the molecule is COCCN(c1ncc(CNC(C)(C)C)cc1C)C(C)C. The van der Waals surface area contributed by atoms with E-state index >= 15 is 0 Å². The summed E-state index contributed by atoms with van der Waals surface area (Å²) in [4.78, 5) is 6.98. The molecule has 0 unspecified atom stereocenters. The summed E-state index contributed by atoms with van der Waals surface area (Å²) in [6.07, 6.45) is 1.98. The van der Waals surface area contributed by atoms with E-state index in [-0.39, 0.29) is 5.54 Å². The Morgan fingerprint density at radius 3 is 2.48 bits per heavy atom. The third-order valence-electron chi connectivity index (χ3n) is 3.36. The van der Waals surface area contributed by atoms with Crippen LogP contribution in [-0.2, 0) is 11.3 Å². The fraction of sp³-hybridized carbons (Fsp3) is 0.706. The number of anilines is 1. The molecule has 120 valence electrons. The molecule has 1 aromatic heterocycles. The van der Waals surface area contributed by atoms with Crippen molar-refractivity contribution in [2.24, 2.45) is 0 Å². The largest absolute Gasteiger partial charge is 0.383 e. The lowest BCUT2D eigenvalue weighted by atomic mass is 10.1. The zero-order valence-electron chi connectivity index (χ0n) is 14.7. The van der Waals surface area contributed by atoms with Crippen LogP contribution in [0.2, 0.25) is 0 Å². The molecule has 0 aliphatic carbocycles. The molecule has 0 amide bonds. The molecule has 0 radical (unpaired) electrons. The van der Waals surface area contributed by atoms with E-state index < -0.39 is 0 Å². The summed E-state index contributed by atoms with van der Waals surface area (Å²) in [6, 6.07) is 2.63. The molecule has 1 aromatic rings. The van der Waals surface area contributed by atoms with Crippen LogP contribution in [0, 0.1) is 6.92 Å². The zero-order chi connectivity index (χ0) is 16.0. The van der Waals surface area contributed by atoms with Crippen LogP contribution < -0.4 is 10.2 Å². The smallest absolute Gasteiger partial charge is 0.131 e. The Kier molecular flexibility index (Phi) is 6.62. The topological polar surface area (TPSA) is 37.4 Å². The lowest BCUT2D eigenvalue weighted by Gasteiger charge is -2.29. The minimum Gasteiger partial charge on any atom is -0.383 e. The normalized spacial score (nSPS) is 12.0. The van der Waals surface area contributed by atoms with Crippen molar-refractivity contribution in [3.63, 3.8) is 0 Å². The van der Waals surface area contributed by atoms with E-state index in [1.54, 1.807) is 7.11 Å². The van der Waals surface area contributed by atoms with E-state index in [4.69, 9.17) is 4.74 Å². The van der Waals surface area contributed by atoms with Crippen molar-refractivity contribution in [1.82, 2.24) is 10.3 Å². The zero-order valence-corrected chi connectivity index (χ0v) is 14.7. The molecule has 0 aliphatic rings. The summed E-state index contributed by atoms with van der Waals surface area (Å²) in [7, 11) is 1.74. The van der Waals surface area contributed by atoms with E-state index in [1.165, 1.54) is 11.1 Å². The molecule has 0 fully saturated rings. The number of pyridine rings is 1. The predicted molar refractivity (Wildman–Crippen MR) is 89.9 cm³/mol. The summed E-state index contributed by atoms with van der Waals surface area (Å²) in [5.41, 5.74) is 2.56. The second-order valence-electron chi connectivity index (χ2n) is 6.87. The molecule has 0 aliphatic heterocycles. The fourth-order valence-electron chi connectivity index (χ4n) is 2.19. The van der Waals surface area contributed by atoms with E-state index in [9.17, 15) is 0 Å². The van der Waals surface area contributed by atoms with Crippen LogP contribution in [0.25, 0.3) is 0 Å². The molecule has 1 rings (SSSR count). The summed E-state index contributed by atoms with van der Waals surface area (Å²) >= 11 is 0. The minimum absolute atomic E-state index is 0.120. The number of aryl methyl sites for hydroxylation is 1. The molecule has 0 spiro atoms. The van der Waals surface area contributed by atoms with Crippen molar-refractivity contribution >= 4 is 5.82 Å². The first-order chi connectivity index (χ1) is 9.74. The monoisotopic (exact) mass is 293 g/mol. The summed E-state index contributed by atoms with van der Waals surface area (Å²) in [5, 5.41) is 3.50. The van der Waals surface area contributed by atoms with Gasteiger partial charge in [0, 0.05) is 38.0 Å². The van der Waals surface area contributed by atoms with Crippen molar-refractivity contribution in [3.05, 3.63) is 23.4 Å². The van der Waals surface area contributed by atoms with Gasteiger partial charge < -0.3 is 15.0 Å². The maximum Gasteiger partial charge on any atom is 0.131 e. The molecule has 0 bridgehead atoms. The molecular formula is C17H31N3O. The van der Waals surface area contributed by atoms with Crippen LogP contribution >= 0.6 is 0 Å². The number of methoxy groups -OCH3 is 1. The Hall–Kier alpha value is -1.13. The highest BCUT2D eigenvalue weighted by Crippen LogP contribution is 2.20. The second-order valence-corrected chi connectivity index (χ2v) is 6.87. The molecule has 21 heavy (non-hydrogen) atoms. The van der Waals surface area contributed by atoms with Gasteiger partial charge in [0.1, 0.15) is 5.82 Å². The number of rotatable bonds is 7. The minimum atomic E-state index is 0.120. The van der Waals surface area contributed by atoms with Crippen LogP contribution in [-0.4, -0.2) is 36.8 Å². The van der Waals surface area contributed by atoms with Crippen molar-refractivity contribution < 1.29 is 4.74 Å². The Balaban J connectivity index is 2.84. The number of nitrogens with zero attached hydrogens (tertiary/aromatic N) is 2. The summed E-state index contributed by atoms with van der Waals surface area (Å²) in [6.45, 7) is 15.4. The quantitative estimate of drug-likeness (QED) is 0.838. The van der Waals surface area contributed by atoms with Gasteiger partial charge in [-0.25, -0.2) is 4.98 Å². The van der Waals surface area contributed by atoms with Gasteiger partial charge in [-0.05, 0) is 58.7 Å². The first kappa shape index (κ1) is 17.9. The molecule has 0 atom stereocenters. The lowest BCUT2D eigenvalue weighted by molar-refractivity contribution is 0.203. The molecule has 0 saturated heterocycles. The molecule has 1 heterocycles. The molecule has 4 heteroatoms. The van der Waals surface area contributed by atoms with E-state index in [1.807, 2.05) is 6.20 Å². The van der Waals surface area contributed by atoms with Crippen molar-refractivity contribution in [1.29, 1.82) is 0 Å². The van der Waals surface area contributed by atoms with Crippen molar-refractivity contribution in [2.75, 3.05) is 25.2 Å². The van der Waals surface area contributed by atoms with Crippen LogP contribution in [0.15, 0.2) is 12.3 Å². The van der Waals surface area contributed by atoms with Gasteiger partial charge in [0.05, 0.1) is 6.61 Å². The van der Waals surface area contributed by atoms with Gasteiger partial charge >= 0.3 is 0 Å². The maximum absolute atomic E-state index is 5.20. The number of aromatic nitrogens is 1. The first-order valence-corrected chi connectivity index (χ1v) is 7.70. The average Bonchev–Trinajstić information content (AvgIpc) is 2.37. The van der Waals surface area contributed by atoms with E-state index in [2.05, 4.69) is 62.8 Å². The Morgan fingerprint density at radius 2 is 2.00 bits per heavy atom. The van der Waals surface area contributed by atoms with Crippen LogP contribution in [0.3, 0.4) is 0 Å². The second kappa shape index (κ2) is 7.76. The Bertz CT molecular complexity index is 438.